The molecule has 0 bridgehead atoms. The van der Waals surface area contributed by atoms with Crippen molar-refractivity contribution in [3.8, 4) is 0 Å². The number of rotatable bonds is 5. The molecule has 1 rings (SSSR count). The fraction of sp³-hybridized carbons (Fsp3) is 0.250. The van der Waals surface area contributed by atoms with E-state index in [2.05, 4.69) is 10.0 Å². The molecule has 1 aromatic rings. The topological polar surface area (TPSA) is 75.1 Å². The summed E-state index contributed by atoms with van der Waals surface area (Å²) in [5.41, 5.74) is 9.69. The molecule has 5 nitrogen and oxygen atoms in total. The minimum absolute atomic E-state index is 0.0803. The first-order chi connectivity index (χ1) is 8.67. The van der Waals surface area contributed by atoms with Crippen LogP contribution < -0.4 is 0 Å². The van der Waals surface area contributed by atoms with E-state index < -0.39 is 5.97 Å². The van der Waals surface area contributed by atoms with Crippen LogP contribution in [0.5, 0.6) is 0 Å². The van der Waals surface area contributed by atoms with Crippen LogP contribution >= 0.6 is 11.6 Å². The molecular weight excluding hydrogens is 254 g/mol. The number of esters is 1. The Kier molecular flexibility index (Phi) is 5.77. The molecule has 0 radical (unpaired) electrons. The molecule has 0 saturated carbocycles. The van der Waals surface area contributed by atoms with Crippen LogP contribution in [0.4, 0.5) is 0 Å². The lowest BCUT2D eigenvalue weighted by Gasteiger charge is -2.05. The van der Waals surface area contributed by atoms with Crippen LogP contribution in [0, 0.1) is 0 Å². The van der Waals surface area contributed by atoms with Crippen molar-refractivity contribution in [2.24, 2.45) is 5.11 Å². The van der Waals surface area contributed by atoms with Crippen LogP contribution in [0.1, 0.15) is 12.5 Å². The second-order valence-electron chi connectivity index (χ2n) is 3.32. The molecule has 0 unspecified atom stereocenters. The Morgan fingerprint density at radius 3 is 2.72 bits per heavy atom. The third-order valence-electron chi connectivity index (χ3n) is 2.10. The van der Waals surface area contributed by atoms with E-state index in [1.165, 1.54) is 6.08 Å². The highest BCUT2D eigenvalue weighted by molar-refractivity contribution is 6.30. The Bertz CT molecular complexity index is 491. The summed E-state index contributed by atoms with van der Waals surface area (Å²) < 4.78 is 4.82. The zero-order valence-electron chi connectivity index (χ0n) is 9.84. The fourth-order valence-electron chi connectivity index (χ4n) is 1.32. The summed E-state index contributed by atoms with van der Waals surface area (Å²) in [4.78, 5) is 14.1. The molecule has 0 saturated heterocycles. The molecule has 0 fully saturated rings. The third-order valence-corrected chi connectivity index (χ3v) is 2.35. The van der Waals surface area contributed by atoms with Gasteiger partial charge in [0, 0.05) is 16.0 Å². The summed E-state index contributed by atoms with van der Waals surface area (Å²) in [7, 11) is 0. The van der Waals surface area contributed by atoms with Gasteiger partial charge in [-0.25, -0.2) is 4.79 Å². The van der Waals surface area contributed by atoms with E-state index in [1.54, 1.807) is 31.2 Å². The highest BCUT2D eigenvalue weighted by atomic mass is 35.5. The van der Waals surface area contributed by atoms with Gasteiger partial charge in [0.15, 0.2) is 0 Å². The van der Waals surface area contributed by atoms with Gasteiger partial charge in [-0.2, -0.15) is 0 Å². The molecule has 0 aliphatic carbocycles. The maximum atomic E-state index is 11.4. The summed E-state index contributed by atoms with van der Waals surface area (Å²) in [6, 6.07) is 6.90. The molecule has 0 N–H and O–H groups in total. The Morgan fingerprint density at radius 1 is 1.50 bits per heavy atom. The van der Waals surface area contributed by atoms with E-state index in [0.29, 0.717) is 17.2 Å². The molecule has 0 atom stereocenters. The second kappa shape index (κ2) is 7.37. The minimum Gasteiger partial charge on any atom is -0.463 e. The van der Waals surface area contributed by atoms with Gasteiger partial charge in [0.05, 0.1) is 13.2 Å². The largest absolute Gasteiger partial charge is 0.463 e. The third kappa shape index (κ3) is 4.49. The average Bonchev–Trinajstić information content (AvgIpc) is 2.36. The number of benzene rings is 1. The lowest BCUT2D eigenvalue weighted by atomic mass is 10.1. The maximum Gasteiger partial charge on any atom is 0.331 e. The number of hydrogen-bond donors (Lipinski definition) is 0. The highest BCUT2D eigenvalue weighted by Crippen LogP contribution is 2.18. The SMILES string of the molecule is CCOC(=O)/C=C(/CN=[N+]=[N-])c1ccc(Cl)cc1. The summed E-state index contributed by atoms with van der Waals surface area (Å²) in [5, 5.41) is 4.05. The van der Waals surface area contributed by atoms with Gasteiger partial charge in [-0.15, -0.1) is 0 Å². The number of azide groups is 1. The van der Waals surface area contributed by atoms with Crippen LogP contribution in [-0.4, -0.2) is 19.1 Å². The van der Waals surface area contributed by atoms with Crippen LogP contribution in [0.2, 0.25) is 5.02 Å². The molecule has 94 valence electrons. The normalized spacial score (nSPS) is 10.7. The van der Waals surface area contributed by atoms with Crippen molar-refractivity contribution in [1.82, 2.24) is 0 Å². The van der Waals surface area contributed by atoms with Gasteiger partial charge in [-0.1, -0.05) is 28.8 Å². The van der Waals surface area contributed by atoms with Crippen molar-refractivity contribution in [2.75, 3.05) is 13.2 Å². The zero-order valence-corrected chi connectivity index (χ0v) is 10.6. The zero-order chi connectivity index (χ0) is 13.4. The van der Waals surface area contributed by atoms with Gasteiger partial charge in [0.25, 0.3) is 0 Å². The van der Waals surface area contributed by atoms with Crippen LogP contribution in [-0.2, 0) is 9.53 Å². The minimum atomic E-state index is -0.462. The number of nitrogens with zero attached hydrogens (tertiary/aromatic N) is 3. The van der Waals surface area contributed by atoms with Gasteiger partial charge in [-0.3, -0.25) is 0 Å². The Morgan fingerprint density at radius 2 is 2.17 bits per heavy atom. The molecule has 1 aromatic carbocycles. The van der Waals surface area contributed by atoms with Gasteiger partial charge < -0.3 is 4.74 Å². The smallest absolute Gasteiger partial charge is 0.331 e. The molecule has 0 heterocycles. The first-order valence-electron chi connectivity index (χ1n) is 5.31. The molecular formula is C12H12ClN3O2. The Balaban J connectivity index is 3.00. The van der Waals surface area contributed by atoms with Crippen LogP contribution in [0.25, 0.3) is 16.0 Å². The quantitative estimate of drug-likeness (QED) is 0.268. The summed E-state index contributed by atoms with van der Waals surface area (Å²) >= 11 is 5.78. The number of carbonyl (C=O) groups excluding carboxylic acids is 1. The van der Waals surface area contributed by atoms with E-state index >= 15 is 0 Å². The van der Waals surface area contributed by atoms with E-state index in [4.69, 9.17) is 21.9 Å². The second-order valence-corrected chi connectivity index (χ2v) is 3.75. The average molecular weight is 266 g/mol. The Labute approximate surface area is 110 Å². The first kappa shape index (κ1) is 14.1. The lowest BCUT2D eigenvalue weighted by molar-refractivity contribution is -0.137. The van der Waals surface area contributed by atoms with Crippen molar-refractivity contribution < 1.29 is 9.53 Å². The van der Waals surface area contributed by atoms with E-state index in [-0.39, 0.29) is 6.54 Å². The van der Waals surface area contributed by atoms with Crippen molar-refractivity contribution in [3.05, 3.63) is 51.4 Å². The maximum absolute atomic E-state index is 11.4. The van der Waals surface area contributed by atoms with Crippen LogP contribution in [0.15, 0.2) is 35.5 Å². The molecule has 0 aromatic heterocycles. The summed E-state index contributed by atoms with van der Waals surface area (Å²) in [5.74, 6) is -0.462. The number of hydrogen-bond acceptors (Lipinski definition) is 3. The standard InChI is InChI=1S/C12H12ClN3O2/c1-2-18-12(17)7-10(8-15-16-14)9-3-5-11(13)6-4-9/h3-7H,2,8H2,1H3/b10-7-. The van der Waals surface area contributed by atoms with E-state index in [1.807, 2.05) is 0 Å². The van der Waals surface area contributed by atoms with Gasteiger partial charge in [0.1, 0.15) is 0 Å². The first-order valence-corrected chi connectivity index (χ1v) is 5.69. The summed E-state index contributed by atoms with van der Waals surface area (Å²) in [6.45, 7) is 2.10. The molecule has 0 aliphatic rings. The van der Waals surface area contributed by atoms with Crippen molar-refractivity contribution >= 4 is 23.1 Å². The fourth-order valence-corrected chi connectivity index (χ4v) is 1.44. The molecule has 0 aliphatic heterocycles. The molecule has 0 spiro atoms. The monoisotopic (exact) mass is 265 g/mol. The number of ether oxygens (including phenoxy) is 1. The molecule has 0 amide bonds. The highest BCUT2D eigenvalue weighted by Gasteiger charge is 2.05. The Hall–Kier alpha value is -1.97. The molecule has 18 heavy (non-hydrogen) atoms. The van der Waals surface area contributed by atoms with Gasteiger partial charge >= 0.3 is 5.97 Å². The van der Waals surface area contributed by atoms with Gasteiger partial charge in [0.2, 0.25) is 0 Å². The number of carbonyl (C=O) groups is 1. The molecule has 6 heteroatoms. The van der Waals surface area contributed by atoms with E-state index in [9.17, 15) is 4.79 Å². The van der Waals surface area contributed by atoms with Crippen LogP contribution in [0.3, 0.4) is 0 Å². The summed E-state index contributed by atoms with van der Waals surface area (Å²) in [6.07, 6.45) is 1.32. The van der Waals surface area contributed by atoms with Gasteiger partial charge in [-0.05, 0) is 35.7 Å². The lowest BCUT2D eigenvalue weighted by Crippen LogP contribution is -2.02. The van der Waals surface area contributed by atoms with Crippen molar-refractivity contribution in [3.63, 3.8) is 0 Å². The van der Waals surface area contributed by atoms with Crippen molar-refractivity contribution in [1.29, 1.82) is 0 Å². The predicted molar refractivity (Wildman–Crippen MR) is 70.1 cm³/mol. The predicted octanol–water partition coefficient (Wildman–Crippen LogP) is 3.60. The van der Waals surface area contributed by atoms with E-state index in [0.717, 1.165) is 5.56 Å². The number of halogens is 1. The van der Waals surface area contributed by atoms with Crippen molar-refractivity contribution in [2.45, 2.75) is 6.92 Å².